The lowest BCUT2D eigenvalue weighted by Crippen LogP contribution is -2.03. The number of thiazole rings is 1. The predicted molar refractivity (Wildman–Crippen MR) is 87.9 cm³/mol. The SMILES string of the molecule is COc1ccc(NCc2c(C)nc3sc(C)cn23)cc1Cl. The minimum absolute atomic E-state index is 0.601. The van der Waals surface area contributed by atoms with Crippen LogP contribution in [-0.4, -0.2) is 16.5 Å². The van der Waals surface area contributed by atoms with Gasteiger partial charge in [0.15, 0.2) is 4.96 Å². The molecule has 2 heterocycles. The van der Waals surface area contributed by atoms with Gasteiger partial charge in [-0.25, -0.2) is 4.98 Å². The van der Waals surface area contributed by atoms with Gasteiger partial charge in [-0.15, -0.1) is 11.3 Å². The van der Waals surface area contributed by atoms with Crippen LogP contribution in [0.5, 0.6) is 5.75 Å². The number of nitrogens with one attached hydrogen (secondary N) is 1. The van der Waals surface area contributed by atoms with Crippen molar-refractivity contribution in [3.05, 3.63) is 45.7 Å². The Morgan fingerprint density at radius 1 is 1.38 bits per heavy atom. The normalized spacial score (nSPS) is 11.0. The molecule has 1 N–H and O–H groups in total. The van der Waals surface area contributed by atoms with E-state index in [4.69, 9.17) is 16.3 Å². The van der Waals surface area contributed by atoms with Gasteiger partial charge in [0.25, 0.3) is 0 Å². The van der Waals surface area contributed by atoms with E-state index in [1.807, 2.05) is 25.1 Å². The molecule has 0 radical (unpaired) electrons. The van der Waals surface area contributed by atoms with Gasteiger partial charge in [0.1, 0.15) is 5.75 Å². The molecule has 0 unspecified atom stereocenters. The van der Waals surface area contributed by atoms with Crippen molar-refractivity contribution in [3.63, 3.8) is 0 Å². The summed E-state index contributed by atoms with van der Waals surface area (Å²) in [6, 6.07) is 5.68. The molecule has 0 fully saturated rings. The number of fused-ring (bicyclic) bond motifs is 1. The smallest absolute Gasteiger partial charge is 0.194 e. The Kier molecular flexibility index (Phi) is 3.78. The van der Waals surface area contributed by atoms with Crippen LogP contribution >= 0.6 is 22.9 Å². The van der Waals surface area contributed by atoms with Crippen LogP contribution in [0.3, 0.4) is 0 Å². The van der Waals surface area contributed by atoms with Gasteiger partial charge in [-0.3, -0.25) is 4.40 Å². The molecule has 3 aromatic rings. The second-order valence-electron chi connectivity index (χ2n) is 4.84. The predicted octanol–water partition coefficient (Wildman–Crippen LogP) is 4.29. The van der Waals surface area contributed by atoms with E-state index in [1.54, 1.807) is 18.4 Å². The van der Waals surface area contributed by atoms with Crippen LogP contribution in [0.4, 0.5) is 5.69 Å². The number of rotatable bonds is 4. The molecule has 0 aliphatic rings. The monoisotopic (exact) mass is 321 g/mol. The Bertz CT molecular complexity index is 794. The van der Waals surface area contributed by atoms with Gasteiger partial charge in [0.05, 0.1) is 30.1 Å². The molecule has 0 saturated heterocycles. The third-order valence-electron chi connectivity index (χ3n) is 3.35. The zero-order chi connectivity index (χ0) is 15.0. The van der Waals surface area contributed by atoms with Crippen molar-refractivity contribution >= 4 is 33.6 Å². The van der Waals surface area contributed by atoms with E-state index < -0.39 is 0 Å². The second-order valence-corrected chi connectivity index (χ2v) is 6.46. The Hall–Kier alpha value is -1.72. The van der Waals surface area contributed by atoms with Crippen LogP contribution in [0.2, 0.25) is 5.02 Å². The van der Waals surface area contributed by atoms with Crippen molar-refractivity contribution in [2.45, 2.75) is 20.4 Å². The number of nitrogens with zero attached hydrogens (tertiary/aromatic N) is 2. The van der Waals surface area contributed by atoms with E-state index in [1.165, 1.54) is 10.6 Å². The molecular formula is C15H16ClN3OS. The summed E-state index contributed by atoms with van der Waals surface area (Å²) in [5.41, 5.74) is 3.18. The lowest BCUT2D eigenvalue weighted by atomic mass is 10.2. The van der Waals surface area contributed by atoms with E-state index in [9.17, 15) is 0 Å². The number of ether oxygens (including phenoxy) is 1. The maximum atomic E-state index is 6.14. The quantitative estimate of drug-likeness (QED) is 0.779. The second kappa shape index (κ2) is 5.58. The summed E-state index contributed by atoms with van der Waals surface area (Å²) in [4.78, 5) is 6.88. The lowest BCUT2D eigenvalue weighted by molar-refractivity contribution is 0.415. The molecular weight excluding hydrogens is 306 g/mol. The molecule has 0 saturated carbocycles. The molecule has 3 rings (SSSR count). The largest absolute Gasteiger partial charge is 0.495 e. The maximum Gasteiger partial charge on any atom is 0.194 e. The van der Waals surface area contributed by atoms with Gasteiger partial charge in [-0.2, -0.15) is 0 Å². The number of hydrogen-bond acceptors (Lipinski definition) is 4. The molecule has 6 heteroatoms. The highest BCUT2D eigenvalue weighted by Crippen LogP contribution is 2.28. The van der Waals surface area contributed by atoms with Gasteiger partial charge in [0.2, 0.25) is 0 Å². The molecule has 0 aliphatic carbocycles. The molecule has 2 aromatic heterocycles. The van der Waals surface area contributed by atoms with Crippen molar-refractivity contribution in [1.82, 2.24) is 9.38 Å². The van der Waals surface area contributed by atoms with Crippen molar-refractivity contribution in [2.75, 3.05) is 12.4 Å². The van der Waals surface area contributed by atoms with Crippen LogP contribution in [0.1, 0.15) is 16.3 Å². The topological polar surface area (TPSA) is 38.6 Å². The highest BCUT2D eigenvalue weighted by molar-refractivity contribution is 7.17. The Labute approximate surface area is 132 Å². The molecule has 0 spiro atoms. The number of halogens is 1. The summed E-state index contributed by atoms with van der Waals surface area (Å²) in [7, 11) is 1.61. The van der Waals surface area contributed by atoms with Crippen molar-refractivity contribution in [3.8, 4) is 5.75 Å². The number of imidazole rings is 1. The van der Waals surface area contributed by atoms with Crippen LogP contribution in [0.25, 0.3) is 4.96 Å². The van der Waals surface area contributed by atoms with E-state index in [2.05, 4.69) is 27.8 Å². The third-order valence-corrected chi connectivity index (χ3v) is 4.55. The zero-order valence-corrected chi connectivity index (χ0v) is 13.7. The zero-order valence-electron chi connectivity index (χ0n) is 12.1. The molecule has 0 bridgehead atoms. The number of methoxy groups -OCH3 is 1. The Balaban J connectivity index is 1.83. The van der Waals surface area contributed by atoms with E-state index in [-0.39, 0.29) is 0 Å². The Morgan fingerprint density at radius 3 is 2.90 bits per heavy atom. The minimum Gasteiger partial charge on any atom is -0.495 e. The van der Waals surface area contributed by atoms with Gasteiger partial charge < -0.3 is 10.1 Å². The Morgan fingerprint density at radius 2 is 2.19 bits per heavy atom. The summed E-state index contributed by atoms with van der Waals surface area (Å²) in [5.74, 6) is 0.679. The average Bonchev–Trinajstić information content (AvgIpc) is 2.92. The molecule has 1 aromatic carbocycles. The standard InChI is InChI=1S/C15H16ClN3OS/c1-9-8-19-13(10(2)18-15(19)21-9)7-17-11-4-5-14(20-3)12(16)6-11/h4-6,8,17H,7H2,1-3H3. The molecule has 21 heavy (non-hydrogen) atoms. The summed E-state index contributed by atoms with van der Waals surface area (Å²) in [5, 5.41) is 3.99. The highest BCUT2D eigenvalue weighted by atomic mass is 35.5. The van der Waals surface area contributed by atoms with E-state index in [0.29, 0.717) is 17.3 Å². The number of hydrogen-bond donors (Lipinski definition) is 1. The molecule has 0 aliphatic heterocycles. The van der Waals surface area contributed by atoms with Gasteiger partial charge >= 0.3 is 0 Å². The van der Waals surface area contributed by atoms with Crippen LogP contribution in [-0.2, 0) is 6.54 Å². The fourth-order valence-electron chi connectivity index (χ4n) is 2.28. The number of aromatic nitrogens is 2. The van der Waals surface area contributed by atoms with Crippen LogP contribution < -0.4 is 10.1 Å². The first kappa shape index (κ1) is 14.2. The van der Waals surface area contributed by atoms with Crippen LogP contribution in [0.15, 0.2) is 24.4 Å². The van der Waals surface area contributed by atoms with Crippen molar-refractivity contribution in [2.24, 2.45) is 0 Å². The van der Waals surface area contributed by atoms with E-state index in [0.717, 1.165) is 16.3 Å². The first-order valence-corrected chi connectivity index (χ1v) is 7.79. The minimum atomic E-state index is 0.601. The molecule has 0 amide bonds. The van der Waals surface area contributed by atoms with Gasteiger partial charge in [0, 0.05) is 16.8 Å². The van der Waals surface area contributed by atoms with Crippen molar-refractivity contribution < 1.29 is 4.74 Å². The molecule has 0 atom stereocenters. The maximum absolute atomic E-state index is 6.14. The summed E-state index contributed by atoms with van der Waals surface area (Å²) in [6.07, 6.45) is 2.12. The highest BCUT2D eigenvalue weighted by Gasteiger charge is 2.11. The first-order chi connectivity index (χ1) is 10.1. The fourth-order valence-corrected chi connectivity index (χ4v) is 3.43. The number of aryl methyl sites for hydroxylation is 2. The van der Waals surface area contributed by atoms with Gasteiger partial charge in [-0.05, 0) is 32.0 Å². The summed E-state index contributed by atoms with van der Waals surface area (Å²) >= 11 is 7.84. The first-order valence-electron chi connectivity index (χ1n) is 6.60. The third kappa shape index (κ3) is 2.71. The average molecular weight is 322 g/mol. The fraction of sp³-hybridized carbons (Fsp3) is 0.267. The van der Waals surface area contributed by atoms with E-state index >= 15 is 0 Å². The number of benzene rings is 1. The molecule has 110 valence electrons. The number of anilines is 1. The van der Waals surface area contributed by atoms with Crippen LogP contribution in [0, 0.1) is 13.8 Å². The summed E-state index contributed by atoms with van der Waals surface area (Å²) in [6.45, 7) is 4.83. The molecule has 4 nitrogen and oxygen atoms in total. The van der Waals surface area contributed by atoms with Gasteiger partial charge in [-0.1, -0.05) is 11.6 Å². The van der Waals surface area contributed by atoms with Crippen molar-refractivity contribution in [1.29, 1.82) is 0 Å². The summed E-state index contributed by atoms with van der Waals surface area (Å²) < 4.78 is 7.30. The lowest BCUT2D eigenvalue weighted by Gasteiger charge is -2.09.